The number of carbonyl (C=O) groups excluding carboxylic acids is 1. The molecule has 17 heavy (non-hydrogen) atoms. The number of methoxy groups -OCH3 is 1. The van der Waals surface area contributed by atoms with Crippen molar-refractivity contribution >= 4 is 5.78 Å². The van der Waals surface area contributed by atoms with Crippen LogP contribution in [0.2, 0.25) is 0 Å². The predicted molar refractivity (Wildman–Crippen MR) is 64.9 cm³/mol. The molecule has 3 heteroatoms. The monoisotopic (exact) mass is 234 g/mol. The number of ether oxygens (including phenoxy) is 1. The highest BCUT2D eigenvalue weighted by molar-refractivity contribution is 5.87. The maximum atomic E-state index is 11.9. The minimum atomic E-state index is -0.743. The Labute approximate surface area is 101 Å². The molecule has 2 atom stereocenters. The molecule has 0 saturated heterocycles. The van der Waals surface area contributed by atoms with Crippen molar-refractivity contribution in [2.24, 2.45) is 5.41 Å². The second-order valence-corrected chi connectivity index (χ2v) is 4.87. The van der Waals surface area contributed by atoms with Gasteiger partial charge in [0.2, 0.25) is 0 Å². The Morgan fingerprint density at radius 2 is 2.24 bits per heavy atom. The molecule has 1 fully saturated rings. The Balaban J connectivity index is 2.30. The summed E-state index contributed by atoms with van der Waals surface area (Å²) in [5.74, 6) is 0.864. The molecular formula is C14H18O3. The molecule has 1 saturated carbocycles. The molecule has 0 aliphatic heterocycles. The molecule has 1 aromatic rings. The van der Waals surface area contributed by atoms with Crippen molar-refractivity contribution in [3.8, 4) is 5.75 Å². The molecule has 1 aliphatic carbocycles. The van der Waals surface area contributed by atoms with Gasteiger partial charge in [-0.1, -0.05) is 12.1 Å². The molecule has 2 rings (SSSR count). The summed E-state index contributed by atoms with van der Waals surface area (Å²) in [6, 6.07) is 7.29. The minimum Gasteiger partial charge on any atom is -0.497 e. The van der Waals surface area contributed by atoms with Crippen molar-refractivity contribution in [3.05, 3.63) is 29.8 Å². The topological polar surface area (TPSA) is 46.5 Å². The lowest BCUT2D eigenvalue weighted by Crippen LogP contribution is -2.29. The van der Waals surface area contributed by atoms with Gasteiger partial charge in [-0.15, -0.1) is 0 Å². The molecule has 0 radical (unpaired) electrons. The van der Waals surface area contributed by atoms with Crippen molar-refractivity contribution in [3.63, 3.8) is 0 Å². The SMILES string of the molecule is COc1cccc(C(O)[C@]2(C)CCCC2=O)c1. The van der Waals surface area contributed by atoms with E-state index in [0.717, 1.165) is 18.4 Å². The van der Waals surface area contributed by atoms with Gasteiger partial charge in [0.1, 0.15) is 11.5 Å². The molecule has 1 N–H and O–H groups in total. The molecule has 92 valence electrons. The van der Waals surface area contributed by atoms with Crippen molar-refractivity contribution in [2.75, 3.05) is 7.11 Å². The fraction of sp³-hybridized carbons (Fsp3) is 0.500. The summed E-state index contributed by atoms with van der Waals surface area (Å²) in [7, 11) is 1.59. The lowest BCUT2D eigenvalue weighted by Gasteiger charge is -2.28. The first-order chi connectivity index (χ1) is 8.08. The molecule has 0 spiro atoms. The summed E-state index contributed by atoms with van der Waals surface area (Å²) >= 11 is 0. The molecule has 1 aromatic carbocycles. The molecule has 0 heterocycles. The van der Waals surface area contributed by atoms with Gasteiger partial charge in [-0.25, -0.2) is 0 Å². The zero-order valence-corrected chi connectivity index (χ0v) is 10.3. The number of hydrogen-bond acceptors (Lipinski definition) is 3. The zero-order chi connectivity index (χ0) is 12.5. The summed E-state index contributed by atoms with van der Waals surface area (Å²) in [5, 5.41) is 10.4. The first-order valence-corrected chi connectivity index (χ1v) is 5.93. The molecule has 0 amide bonds. The second-order valence-electron chi connectivity index (χ2n) is 4.87. The number of aliphatic hydroxyl groups excluding tert-OH is 1. The third-order valence-electron chi connectivity index (χ3n) is 3.75. The van der Waals surface area contributed by atoms with E-state index in [-0.39, 0.29) is 5.78 Å². The van der Waals surface area contributed by atoms with Gasteiger partial charge in [0.15, 0.2) is 0 Å². The first kappa shape index (κ1) is 12.1. The van der Waals surface area contributed by atoms with Crippen LogP contribution in [0.1, 0.15) is 37.9 Å². The highest BCUT2D eigenvalue weighted by Gasteiger charge is 2.44. The number of carbonyl (C=O) groups is 1. The van der Waals surface area contributed by atoms with E-state index < -0.39 is 11.5 Å². The highest BCUT2D eigenvalue weighted by Crippen LogP contribution is 2.44. The van der Waals surface area contributed by atoms with Crippen molar-refractivity contribution in [1.29, 1.82) is 0 Å². The number of benzene rings is 1. The van der Waals surface area contributed by atoms with Crippen molar-refractivity contribution in [2.45, 2.75) is 32.3 Å². The summed E-state index contributed by atoms with van der Waals surface area (Å²) in [4.78, 5) is 11.9. The summed E-state index contributed by atoms with van der Waals surface area (Å²) in [6.45, 7) is 1.85. The first-order valence-electron chi connectivity index (χ1n) is 5.93. The summed E-state index contributed by atoms with van der Waals surface area (Å²) in [6.07, 6.45) is 1.46. The smallest absolute Gasteiger partial charge is 0.141 e. The van der Waals surface area contributed by atoms with Gasteiger partial charge in [-0.2, -0.15) is 0 Å². The van der Waals surface area contributed by atoms with E-state index in [1.807, 2.05) is 25.1 Å². The van der Waals surface area contributed by atoms with Crippen LogP contribution in [0.15, 0.2) is 24.3 Å². The van der Waals surface area contributed by atoms with E-state index >= 15 is 0 Å². The van der Waals surface area contributed by atoms with Gasteiger partial charge in [0.05, 0.1) is 18.6 Å². The van der Waals surface area contributed by atoms with E-state index in [9.17, 15) is 9.90 Å². The van der Waals surface area contributed by atoms with Crippen LogP contribution >= 0.6 is 0 Å². The third-order valence-corrected chi connectivity index (χ3v) is 3.75. The fourth-order valence-electron chi connectivity index (χ4n) is 2.51. The van der Waals surface area contributed by atoms with Crippen LogP contribution < -0.4 is 4.74 Å². The third kappa shape index (κ3) is 2.07. The van der Waals surface area contributed by atoms with Gasteiger partial charge < -0.3 is 9.84 Å². The number of aliphatic hydroxyl groups is 1. The quantitative estimate of drug-likeness (QED) is 0.874. The Kier molecular flexibility index (Phi) is 3.20. The Morgan fingerprint density at radius 3 is 2.82 bits per heavy atom. The second kappa shape index (κ2) is 4.49. The molecule has 1 unspecified atom stereocenters. The van der Waals surface area contributed by atoms with Gasteiger partial charge in [0.25, 0.3) is 0 Å². The van der Waals surface area contributed by atoms with Crippen molar-refractivity contribution < 1.29 is 14.6 Å². The average Bonchev–Trinajstić information content (AvgIpc) is 2.70. The number of rotatable bonds is 3. The number of Topliss-reactive ketones (excluding diaryl/α,β-unsaturated/α-hetero) is 1. The van der Waals surface area contributed by atoms with E-state index in [4.69, 9.17) is 4.74 Å². The number of hydrogen-bond donors (Lipinski definition) is 1. The number of ketones is 1. The summed E-state index contributed by atoms with van der Waals surface area (Å²) in [5.41, 5.74) is 0.119. The molecule has 0 aromatic heterocycles. The van der Waals surface area contributed by atoms with Gasteiger partial charge in [-0.05, 0) is 37.5 Å². The van der Waals surface area contributed by atoms with E-state index in [0.29, 0.717) is 12.2 Å². The van der Waals surface area contributed by atoms with Crippen LogP contribution in [0.4, 0.5) is 0 Å². The maximum absolute atomic E-state index is 11.9. The lowest BCUT2D eigenvalue weighted by atomic mass is 9.78. The van der Waals surface area contributed by atoms with Crippen LogP contribution in [0.5, 0.6) is 5.75 Å². The lowest BCUT2D eigenvalue weighted by molar-refractivity contribution is -0.131. The predicted octanol–water partition coefficient (Wildman–Crippen LogP) is 2.49. The van der Waals surface area contributed by atoms with Crippen LogP contribution in [0.3, 0.4) is 0 Å². The highest BCUT2D eigenvalue weighted by atomic mass is 16.5. The molecule has 1 aliphatic rings. The maximum Gasteiger partial charge on any atom is 0.141 e. The van der Waals surface area contributed by atoms with Gasteiger partial charge >= 0.3 is 0 Å². The normalized spacial score (nSPS) is 25.9. The Hall–Kier alpha value is -1.35. The van der Waals surface area contributed by atoms with Crippen LogP contribution in [-0.2, 0) is 4.79 Å². The summed E-state index contributed by atoms with van der Waals surface area (Å²) < 4.78 is 5.13. The van der Waals surface area contributed by atoms with Gasteiger partial charge in [0, 0.05) is 6.42 Å². The van der Waals surface area contributed by atoms with Crippen LogP contribution in [-0.4, -0.2) is 18.0 Å². The molecule has 0 bridgehead atoms. The fourth-order valence-corrected chi connectivity index (χ4v) is 2.51. The average molecular weight is 234 g/mol. The largest absolute Gasteiger partial charge is 0.497 e. The standard InChI is InChI=1S/C14H18O3/c1-14(8-4-7-12(14)15)13(16)10-5-3-6-11(9-10)17-2/h3,5-6,9,13,16H,4,7-8H2,1-2H3/t13?,14-/m1/s1. The van der Waals surface area contributed by atoms with E-state index in [1.165, 1.54) is 0 Å². The van der Waals surface area contributed by atoms with Gasteiger partial charge in [-0.3, -0.25) is 4.79 Å². The van der Waals surface area contributed by atoms with Crippen LogP contribution in [0.25, 0.3) is 0 Å². The van der Waals surface area contributed by atoms with E-state index in [2.05, 4.69) is 0 Å². The molecule has 3 nitrogen and oxygen atoms in total. The zero-order valence-electron chi connectivity index (χ0n) is 10.3. The Bertz CT molecular complexity index is 427. The van der Waals surface area contributed by atoms with E-state index in [1.54, 1.807) is 13.2 Å². The Morgan fingerprint density at radius 1 is 1.47 bits per heavy atom. The van der Waals surface area contributed by atoms with Crippen LogP contribution in [0, 0.1) is 5.41 Å². The minimum absolute atomic E-state index is 0.160. The van der Waals surface area contributed by atoms with Crippen molar-refractivity contribution in [1.82, 2.24) is 0 Å². The molecular weight excluding hydrogens is 216 g/mol.